The molecule has 0 spiro atoms. The highest BCUT2D eigenvalue weighted by molar-refractivity contribution is 5.81. The van der Waals surface area contributed by atoms with E-state index in [4.69, 9.17) is 14.7 Å². The summed E-state index contributed by atoms with van der Waals surface area (Å²) in [6.07, 6.45) is 1.76. The van der Waals surface area contributed by atoms with Gasteiger partial charge in [0.05, 0.1) is 13.2 Å². The van der Waals surface area contributed by atoms with Crippen molar-refractivity contribution >= 4 is 5.78 Å². The molecule has 1 aliphatic heterocycles. The highest BCUT2D eigenvalue weighted by Gasteiger charge is 2.52. The number of nitriles is 1. The summed E-state index contributed by atoms with van der Waals surface area (Å²) in [4.78, 5) is 11.7. The molecule has 0 radical (unpaired) electrons. The monoisotopic (exact) mass is 257 g/mol. The summed E-state index contributed by atoms with van der Waals surface area (Å²) in [6, 6.07) is 8.01. The van der Waals surface area contributed by atoms with Gasteiger partial charge >= 0.3 is 0 Å². The SMILES string of the molecule is COc1cccc2c1O[C@H]1CC(=O)CC[C@@]21CC#N. The van der Waals surface area contributed by atoms with E-state index in [1.54, 1.807) is 7.11 Å². The maximum Gasteiger partial charge on any atom is 0.165 e. The minimum Gasteiger partial charge on any atom is -0.493 e. The maximum absolute atomic E-state index is 11.7. The molecule has 1 heterocycles. The highest BCUT2D eigenvalue weighted by atomic mass is 16.5. The minimum absolute atomic E-state index is 0.213. The second kappa shape index (κ2) is 4.27. The van der Waals surface area contributed by atoms with Gasteiger partial charge in [-0.15, -0.1) is 0 Å². The van der Waals surface area contributed by atoms with E-state index in [9.17, 15) is 4.79 Å². The third kappa shape index (κ3) is 1.61. The van der Waals surface area contributed by atoms with Gasteiger partial charge in [0.1, 0.15) is 11.9 Å². The lowest BCUT2D eigenvalue weighted by molar-refractivity contribution is -0.124. The molecular weight excluding hydrogens is 242 g/mol. The number of ether oxygens (including phenoxy) is 2. The quantitative estimate of drug-likeness (QED) is 0.816. The van der Waals surface area contributed by atoms with Crippen LogP contribution in [-0.4, -0.2) is 19.0 Å². The number of ketones is 1. The van der Waals surface area contributed by atoms with Gasteiger partial charge in [0.25, 0.3) is 0 Å². The summed E-state index contributed by atoms with van der Waals surface area (Å²) in [6.45, 7) is 0. The summed E-state index contributed by atoms with van der Waals surface area (Å²) in [7, 11) is 1.60. The third-order valence-corrected chi connectivity index (χ3v) is 4.27. The van der Waals surface area contributed by atoms with Crippen LogP contribution in [0.2, 0.25) is 0 Å². The van der Waals surface area contributed by atoms with Crippen molar-refractivity contribution in [1.29, 1.82) is 5.26 Å². The van der Waals surface area contributed by atoms with E-state index in [0.29, 0.717) is 37.2 Å². The number of methoxy groups -OCH3 is 1. The lowest BCUT2D eigenvalue weighted by Crippen LogP contribution is -2.43. The molecule has 2 atom stereocenters. The first kappa shape index (κ1) is 12.0. The predicted octanol–water partition coefficient (Wildman–Crippen LogP) is 2.36. The number of fused-ring (bicyclic) bond motifs is 3. The van der Waals surface area contributed by atoms with Gasteiger partial charge in [-0.1, -0.05) is 12.1 Å². The number of rotatable bonds is 2. The van der Waals surface area contributed by atoms with Crippen LogP contribution in [0.1, 0.15) is 31.2 Å². The Kier molecular flexibility index (Phi) is 2.70. The maximum atomic E-state index is 11.7. The normalized spacial score (nSPS) is 28.0. The van der Waals surface area contributed by atoms with Gasteiger partial charge in [0, 0.05) is 30.2 Å². The number of hydrogen-bond donors (Lipinski definition) is 0. The first-order valence-electron chi connectivity index (χ1n) is 6.44. The minimum atomic E-state index is -0.341. The fraction of sp³-hybridized carbons (Fsp3) is 0.467. The van der Waals surface area contributed by atoms with Gasteiger partial charge in [-0.25, -0.2) is 0 Å². The molecule has 1 fully saturated rings. The van der Waals surface area contributed by atoms with Crippen molar-refractivity contribution in [3.05, 3.63) is 23.8 Å². The Morgan fingerprint density at radius 1 is 1.58 bits per heavy atom. The molecular formula is C15H15NO3. The van der Waals surface area contributed by atoms with Crippen molar-refractivity contribution in [2.75, 3.05) is 7.11 Å². The molecule has 0 N–H and O–H groups in total. The molecule has 0 saturated heterocycles. The highest BCUT2D eigenvalue weighted by Crippen LogP contribution is 2.54. The molecule has 3 rings (SSSR count). The molecule has 0 unspecified atom stereocenters. The lowest BCUT2D eigenvalue weighted by atomic mass is 9.66. The molecule has 1 saturated carbocycles. The Morgan fingerprint density at radius 3 is 3.16 bits per heavy atom. The fourth-order valence-corrected chi connectivity index (χ4v) is 3.26. The fourth-order valence-electron chi connectivity index (χ4n) is 3.26. The number of Topliss-reactive ketones (excluding diaryl/α,β-unsaturated/α-hetero) is 1. The number of benzene rings is 1. The average molecular weight is 257 g/mol. The average Bonchev–Trinajstić information content (AvgIpc) is 2.73. The second-order valence-corrected chi connectivity index (χ2v) is 5.18. The Bertz CT molecular complexity index is 575. The molecule has 19 heavy (non-hydrogen) atoms. The van der Waals surface area contributed by atoms with Crippen molar-refractivity contribution in [1.82, 2.24) is 0 Å². The van der Waals surface area contributed by atoms with Crippen LogP contribution in [0.3, 0.4) is 0 Å². The van der Waals surface area contributed by atoms with E-state index < -0.39 is 0 Å². The van der Waals surface area contributed by atoms with Crippen LogP contribution in [0.4, 0.5) is 0 Å². The molecule has 98 valence electrons. The van der Waals surface area contributed by atoms with E-state index in [-0.39, 0.29) is 17.3 Å². The van der Waals surface area contributed by atoms with Crippen LogP contribution in [-0.2, 0) is 10.2 Å². The van der Waals surface area contributed by atoms with Crippen LogP contribution < -0.4 is 9.47 Å². The summed E-state index contributed by atoms with van der Waals surface area (Å²) >= 11 is 0. The largest absolute Gasteiger partial charge is 0.493 e. The first-order chi connectivity index (χ1) is 9.21. The van der Waals surface area contributed by atoms with Crippen LogP contribution in [0.5, 0.6) is 11.5 Å². The lowest BCUT2D eigenvalue weighted by Gasteiger charge is -2.35. The van der Waals surface area contributed by atoms with Crippen molar-refractivity contribution < 1.29 is 14.3 Å². The Morgan fingerprint density at radius 2 is 2.42 bits per heavy atom. The molecule has 1 aliphatic carbocycles. The summed E-state index contributed by atoms with van der Waals surface area (Å²) < 4.78 is 11.3. The first-order valence-corrected chi connectivity index (χ1v) is 6.44. The van der Waals surface area contributed by atoms with Gasteiger partial charge in [-0.05, 0) is 12.5 Å². The molecule has 1 aromatic carbocycles. The molecule has 4 nitrogen and oxygen atoms in total. The number of para-hydroxylation sites is 1. The van der Waals surface area contributed by atoms with Crippen LogP contribution >= 0.6 is 0 Å². The summed E-state index contributed by atoms with van der Waals surface area (Å²) in [5, 5.41) is 9.16. The van der Waals surface area contributed by atoms with E-state index in [1.165, 1.54) is 0 Å². The van der Waals surface area contributed by atoms with Crippen LogP contribution in [0.25, 0.3) is 0 Å². The standard InChI is InChI=1S/C15H15NO3/c1-18-12-4-2-3-11-14(12)19-13-9-10(17)5-6-15(11,13)7-8-16/h2-4,13H,5-7,9H2,1H3/t13-,15+/m0/s1. The molecule has 0 bridgehead atoms. The second-order valence-electron chi connectivity index (χ2n) is 5.18. The van der Waals surface area contributed by atoms with E-state index in [2.05, 4.69) is 6.07 Å². The topological polar surface area (TPSA) is 59.3 Å². The van der Waals surface area contributed by atoms with Gasteiger partial charge in [0.2, 0.25) is 0 Å². The molecule has 0 aromatic heterocycles. The third-order valence-electron chi connectivity index (χ3n) is 4.27. The zero-order valence-electron chi connectivity index (χ0n) is 10.8. The zero-order chi connectivity index (χ0) is 13.5. The Labute approximate surface area is 111 Å². The summed E-state index contributed by atoms with van der Waals surface area (Å²) in [5.41, 5.74) is 0.679. The van der Waals surface area contributed by atoms with Gasteiger partial charge in [-0.2, -0.15) is 5.26 Å². The van der Waals surface area contributed by atoms with Crippen LogP contribution in [0, 0.1) is 11.3 Å². The van der Waals surface area contributed by atoms with Crippen molar-refractivity contribution in [2.45, 2.75) is 37.2 Å². The number of nitrogens with zero attached hydrogens (tertiary/aromatic N) is 1. The van der Waals surface area contributed by atoms with Gasteiger partial charge in [-0.3, -0.25) is 4.79 Å². The number of carbonyl (C=O) groups excluding carboxylic acids is 1. The van der Waals surface area contributed by atoms with Crippen molar-refractivity contribution in [3.8, 4) is 17.6 Å². The predicted molar refractivity (Wildman–Crippen MR) is 68.2 cm³/mol. The number of hydrogen-bond acceptors (Lipinski definition) is 4. The van der Waals surface area contributed by atoms with Gasteiger partial charge in [0.15, 0.2) is 11.5 Å². The smallest absolute Gasteiger partial charge is 0.165 e. The molecule has 2 aliphatic rings. The molecule has 4 heteroatoms. The van der Waals surface area contributed by atoms with E-state index in [0.717, 1.165) is 5.56 Å². The number of carbonyl (C=O) groups is 1. The van der Waals surface area contributed by atoms with Crippen molar-refractivity contribution in [3.63, 3.8) is 0 Å². The van der Waals surface area contributed by atoms with Gasteiger partial charge < -0.3 is 9.47 Å². The molecule has 0 amide bonds. The van der Waals surface area contributed by atoms with Crippen LogP contribution in [0.15, 0.2) is 18.2 Å². The van der Waals surface area contributed by atoms with E-state index in [1.807, 2.05) is 18.2 Å². The summed E-state index contributed by atoms with van der Waals surface area (Å²) in [5.74, 6) is 1.60. The Balaban J connectivity index is 2.13. The Hall–Kier alpha value is -2.02. The molecule has 1 aromatic rings. The van der Waals surface area contributed by atoms with E-state index >= 15 is 0 Å². The zero-order valence-corrected chi connectivity index (χ0v) is 10.8. The van der Waals surface area contributed by atoms with Crippen molar-refractivity contribution in [2.24, 2.45) is 0 Å².